The second-order valence-corrected chi connectivity index (χ2v) is 7.56. The largest absolute Gasteiger partial charge is 0.490 e. The van der Waals surface area contributed by atoms with E-state index in [1.807, 2.05) is 52.8 Å². The number of aliphatic hydroxyl groups excluding tert-OH is 1. The molecule has 0 aliphatic rings. The lowest BCUT2D eigenvalue weighted by Crippen LogP contribution is -2.26. The average molecular weight is 412 g/mol. The average Bonchev–Trinajstić information content (AvgIpc) is 3.16. The molecule has 0 amide bonds. The van der Waals surface area contributed by atoms with Crippen molar-refractivity contribution in [3.8, 4) is 34.5 Å². The molecule has 2 heterocycles. The third-order valence-corrected chi connectivity index (χ3v) is 4.37. The van der Waals surface area contributed by atoms with Gasteiger partial charge in [-0.15, -0.1) is 0 Å². The fraction of sp³-hybridized carbons (Fsp3) is 0.409. The van der Waals surface area contributed by atoms with Gasteiger partial charge in [0.1, 0.15) is 18.5 Å². The Morgan fingerprint density at radius 1 is 1.03 bits per heavy atom. The van der Waals surface area contributed by atoms with Gasteiger partial charge in [0.15, 0.2) is 0 Å². The van der Waals surface area contributed by atoms with E-state index in [1.165, 1.54) is 0 Å². The van der Waals surface area contributed by atoms with E-state index in [9.17, 15) is 5.11 Å². The number of nitrogens with zero attached hydrogens (tertiary/aromatic N) is 3. The lowest BCUT2D eigenvalue weighted by molar-refractivity contribution is 0.113. The Bertz CT molecular complexity index is 993. The lowest BCUT2D eigenvalue weighted by atomic mass is 10.1. The SMILES string of the molecule is Cc1cc(-c2nc(-c3cc(C)c(OCC(O)CN)c(C)c3)no2)cc(OC(C)C)n1. The van der Waals surface area contributed by atoms with Crippen LogP contribution in [0.15, 0.2) is 28.8 Å². The lowest BCUT2D eigenvalue weighted by Gasteiger charge is -2.15. The van der Waals surface area contributed by atoms with E-state index >= 15 is 0 Å². The highest BCUT2D eigenvalue weighted by Crippen LogP contribution is 2.31. The van der Waals surface area contributed by atoms with Crippen molar-refractivity contribution in [2.24, 2.45) is 5.73 Å². The highest BCUT2D eigenvalue weighted by Gasteiger charge is 2.16. The number of hydrogen-bond acceptors (Lipinski definition) is 8. The van der Waals surface area contributed by atoms with Gasteiger partial charge in [-0.2, -0.15) is 4.98 Å². The molecule has 8 nitrogen and oxygen atoms in total. The number of benzene rings is 1. The predicted octanol–water partition coefficient (Wildman–Crippen LogP) is 3.21. The first-order valence-electron chi connectivity index (χ1n) is 9.88. The summed E-state index contributed by atoms with van der Waals surface area (Å²) in [7, 11) is 0. The van der Waals surface area contributed by atoms with E-state index in [-0.39, 0.29) is 19.3 Å². The topological polar surface area (TPSA) is 117 Å². The maximum absolute atomic E-state index is 9.64. The van der Waals surface area contributed by atoms with Gasteiger partial charge in [-0.1, -0.05) is 5.16 Å². The van der Waals surface area contributed by atoms with E-state index in [0.29, 0.717) is 17.6 Å². The molecule has 0 fully saturated rings. The monoisotopic (exact) mass is 412 g/mol. The summed E-state index contributed by atoms with van der Waals surface area (Å²) in [5.41, 5.74) is 9.62. The Hall–Kier alpha value is -2.97. The number of aliphatic hydroxyl groups is 1. The number of ether oxygens (including phenoxy) is 2. The minimum absolute atomic E-state index is 0.0167. The molecule has 0 aliphatic heterocycles. The summed E-state index contributed by atoms with van der Waals surface area (Å²) in [5.74, 6) is 2.11. The minimum Gasteiger partial charge on any atom is -0.490 e. The van der Waals surface area contributed by atoms with Crippen molar-refractivity contribution in [2.45, 2.75) is 46.8 Å². The molecular formula is C22H28N4O4. The maximum Gasteiger partial charge on any atom is 0.258 e. The van der Waals surface area contributed by atoms with Gasteiger partial charge in [0.05, 0.1) is 6.10 Å². The van der Waals surface area contributed by atoms with Gasteiger partial charge in [-0.25, -0.2) is 4.98 Å². The Kier molecular flexibility index (Phi) is 6.69. The number of aryl methyl sites for hydroxylation is 3. The second-order valence-electron chi connectivity index (χ2n) is 7.56. The van der Waals surface area contributed by atoms with Gasteiger partial charge < -0.3 is 24.8 Å². The van der Waals surface area contributed by atoms with Crippen LogP contribution in [0.4, 0.5) is 0 Å². The maximum atomic E-state index is 9.64. The molecular weight excluding hydrogens is 384 g/mol. The second kappa shape index (κ2) is 9.23. The van der Waals surface area contributed by atoms with Crippen LogP contribution >= 0.6 is 0 Å². The van der Waals surface area contributed by atoms with Gasteiger partial charge >= 0.3 is 0 Å². The van der Waals surface area contributed by atoms with Crippen LogP contribution in [0.1, 0.15) is 30.7 Å². The summed E-state index contributed by atoms with van der Waals surface area (Å²) in [5, 5.41) is 13.8. The molecule has 0 saturated carbocycles. The molecule has 1 atom stereocenters. The van der Waals surface area contributed by atoms with E-state index in [4.69, 9.17) is 19.7 Å². The molecule has 3 N–H and O–H groups in total. The molecule has 30 heavy (non-hydrogen) atoms. The highest BCUT2D eigenvalue weighted by atomic mass is 16.5. The van der Waals surface area contributed by atoms with Crippen LogP contribution in [-0.2, 0) is 0 Å². The van der Waals surface area contributed by atoms with Crippen molar-refractivity contribution in [2.75, 3.05) is 13.2 Å². The zero-order valence-corrected chi connectivity index (χ0v) is 18.0. The predicted molar refractivity (Wildman–Crippen MR) is 113 cm³/mol. The Morgan fingerprint density at radius 3 is 2.37 bits per heavy atom. The summed E-state index contributed by atoms with van der Waals surface area (Å²) >= 11 is 0. The number of aromatic nitrogens is 3. The van der Waals surface area contributed by atoms with Gasteiger partial charge in [0, 0.05) is 29.4 Å². The zero-order chi connectivity index (χ0) is 21.8. The molecule has 0 radical (unpaired) electrons. The van der Waals surface area contributed by atoms with Crippen LogP contribution in [0.25, 0.3) is 22.8 Å². The van der Waals surface area contributed by atoms with Gasteiger partial charge in [-0.05, 0) is 63.9 Å². The van der Waals surface area contributed by atoms with Crippen molar-refractivity contribution >= 4 is 0 Å². The molecule has 3 aromatic rings. The summed E-state index contributed by atoms with van der Waals surface area (Å²) in [6, 6.07) is 7.52. The smallest absolute Gasteiger partial charge is 0.258 e. The Labute approximate surface area is 176 Å². The van der Waals surface area contributed by atoms with Crippen molar-refractivity contribution in [3.63, 3.8) is 0 Å². The van der Waals surface area contributed by atoms with Crippen LogP contribution in [0, 0.1) is 20.8 Å². The van der Waals surface area contributed by atoms with E-state index in [2.05, 4.69) is 15.1 Å². The first kappa shape index (κ1) is 21.7. The molecule has 0 bridgehead atoms. The van der Waals surface area contributed by atoms with Crippen molar-refractivity contribution in [1.82, 2.24) is 15.1 Å². The quantitative estimate of drug-likeness (QED) is 0.579. The first-order valence-corrected chi connectivity index (χ1v) is 9.88. The number of rotatable bonds is 8. The summed E-state index contributed by atoms with van der Waals surface area (Å²) in [4.78, 5) is 8.93. The van der Waals surface area contributed by atoms with Crippen molar-refractivity contribution < 1.29 is 19.1 Å². The summed E-state index contributed by atoms with van der Waals surface area (Å²) in [6.07, 6.45) is -0.681. The highest BCUT2D eigenvalue weighted by molar-refractivity contribution is 5.64. The van der Waals surface area contributed by atoms with Gasteiger partial charge in [-0.3, -0.25) is 0 Å². The van der Waals surface area contributed by atoms with Gasteiger partial charge in [0.25, 0.3) is 5.89 Å². The molecule has 2 aromatic heterocycles. The van der Waals surface area contributed by atoms with Gasteiger partial charge in [0.2, 0.25) is 11.7 Å². The van der Waals surface area contributed by atoms with Crippen LogP contribution in [0.5, 0.6) is 11.6 Å². The third-order valence-electron chi connectivity index (χ3n) is 4.37. The molecule has 0 saturated heterocycles. The number of pyridine rings is 1. The Balaban J connectivity index is 1.87. The number of hydrogen-bond donors (Lipinski definition) is 2. The van der Waals surface area contributed by atoms with Crippen LogP contribution in [0.3, 0.4) is 0 Å². The summed E-state index contributed by atoms with van der Waals surface area (Å²) in [6.45, 7) is 9.95. The van der Waals surface area contributed by atoms with Crippen molar-refractivity contribution in [3.05, 3.63) is 41.1 Å². The molecule has 0 aliphatic carbocycles. The van der Waals surface area contributed by atoms with E-state index in [0.717, 1.165) is 33.7 Å². The van der Waals surface area contributed by atoms with E-state index < -0.39 is 6.10 Å². The first-order chi connectivity index (χ1) is 14.3. The number of nitrogens with two attached hydrogens (primary N) is 1. The normalized spacial score (nSPS) is 12.3. The fourth-order valence-electron chi connectivity index (χ4n) is 3.08. The molecule has 8 heteroatoms. The van der Waals surface area contributed by atoms with E-state index in [1.54, 1.807) is 6.07 Å². The molecule has 160 valence electrons. The third kappa shape index (κ3) is 5.14. The van der Waals surface area contributed by atoms with Crippen molar-refractivity contribution in [1.29, 1.82) is 0 Å². The van der Waals surface area contributed by atoms with Crippen LogP contribution < -0.4 is 15.2 Å². The standard InChI is InChI=1S/C22H28N4O4/c1-12(2)29-19-9-17(8-15(5)24-19)22-25-21(26-30-22)16-6-13(3)20(14(4)7-16)28-11-18(27)10-23/h6-9,12,18,27H,10-11,23H2,1-5H3. The zero-order valence-electron chi connectivity index (χ0n) is 18.0. The molecule has 3 rings (SSSR count). The Morgan fingerprint density at radius 2 is 1.73 bits per heavy atom. The molecule has 1 unspecified atom stereocenters. The van der Waals surface area contributed by atoms with Crippen LogP contribution in [-0.4, -0.2) is 45.6 Å². The fourth-order valence-corrected chi connectivity index (χ4v) is 3.08. The van der Waals surface area contributed by atoms with Crippen LogP contribution in [0.2, 0.25) is 0 Å². The summed E-state index contributed by atoms with van der Waals surface area (Å²) < 4.78 is 16.9. The molecule has 1 aromatic carbocycles. The minimum atomic E-state index is -0.698. The molecule has 0 spiro atoms.